The molecular formula is C43H66BrFO6Si2. The monoisotopic (exact) mass is 832 g/mol. The first kappa shape index (κ1) is 45.3. The van der Waals surface area contributed by atoms with Gasteiger partial charge in [-0.15, -0.1) is 0 Å². The number of methoxy groups -OCH3 is 1. The van der Waals surface area contributed by atoms with Crippen LogP contribution in [0.2, 0.25) is 36.3 Å². The van der Waals surface area contributed by atoms with Crippen LogP contribution in [0.25, 0.3) is 0 Å². The van der Waals surface area contributed by atoms with Crippen LogP contribution in [-0.2, 0) is 29.7 Å². The van der Waals surface area contributed by atoms with Gasteiger partial charge in [0.2, 0.25) is 0 Å². The van der Waals surface area contributed by atoms with Gasteiger partial charge in [-0.3, -0.25) is 4.79 Å². The Kier molecular flexibility index (Phi) is 16.4. The Morgan fingerprint density at radius 2 is 1.55 bits per heavy atom. The summed E-state index contributed by atoms with van der Waals surface area (Å²) >= 11 is 3.71. The minimum absolute atomic E-state index is 0.00257. The van der Waals surface area contributed by atoms with Crippen molar-refractivity contribution in [2.75, 3.05) is 13.7 Å². The summed E-state index contributed by atoms with van der Waals surface area (Å²) in [6.07, 6.45) is 12.2. The number of esters is 1. The van der Waals surface area contributed by atoms with Crippen molar-refractivity contribution in [3.05, 3.63) is 88.7 Å². The van der Waals surface area contributed by atoms with Crippen molar-refractivity contribution in [3.63, 3.8) is 0 Å². The smallest absolute Gasteiger partial charge is 0.305 e. The molecule has 0 aromatic heterocycles. The summed E-state index contributed by atoms with van der Waals surface area (Å²) in [6, 6.07) is 14.7. The van der Waals surface area contributed by atoms with E-state index in [1.54, 1.807) is 18.2 Å². The third-order valence-electron chi connectivity index (χ3n) is 11.4. The van der Waals surface area contributed by atoms with Crippen molar-refractivity contribution < 1.29 is 32.2 Å². The van der Waals surface area contributed by atoms with Crippen molar-refractivity contribution in [2.24, 2.45) is 11.8 Å². The molecule has 53 heavy (non-hydrogen) atoms. The summed E-state index contributed by atoms with van der Waals surface area (Å²) in [5, 5.41) is -0.00837. The fourth-order valence-corrected chi connectivity index (χ4v) is 9.50. The third-order valence-corrected chi connectivity index (χ3v) is 21.3. The van der Waals surface area contributed by atoms with E-state index in [2.05, 4.69) is 121 Å². The molecule has 296 valence electrons. The number of unbranched alkanes of at least 4 members (excludes halogenated alkanes) is 1. The van der Waals surface area contributed by atoms with Crippen LogP contribution in [-0.4, -0.2) is 54.1 Å². The maximum atomic E-state index is 14.8. The molecule has 0 radical (unpaired) electrons. The van der Waals surface area contributed by atoms with Gasteiger partial charge in [0.15, 0.2) is 28.2 Å². The standard InChI is InChI=1S/C43H66BrFO6Si2/c1-41(2,3)52(9,10)50-39-29-38(48-30-32-21-17-18-23-35(32)44)34(33(39)22-15-13-14-16-26-40(46)47-8)27-28-43(7,51-53(11,12)42(4,5)6)31-49-37-25-20-19-24-36(37)45/h13,15,17-21,23-25,27-28,33-34,38-39H,14,16,22,26,29-31H2,1-12H3/b15-13-,28-27+/t33-,34-,38-,39+,43?/m1/s1. The maximum Gasteiger partial charge on any atom is 0.305 e. The van der Waals surface area contributed by atoms with E-state index >= 15 is 0 Å². The van der Waals surface area contributed by atoms with Gasteiger partial charge in [0, 0.05) is 16.8 Å². The molecule has 6 nitrogen and oxygen atoms in total. The molecule has 1 unspecified atom stereocenters. The Morgan fingerprint density at radius 3 is 2.17 bits per heavy atom. The van der Waals surface area contributed by atoms with Crippen molar-refractivity contribution in [2.45, 2.75) is 141 Å². The summed E-state index contributed by atoms with van der Waals surface area (Å²) in [6.45, 7) is 25.3. The number of rotatable bonds is 18. The summed E-state index contributed by atoms with van der Waals surface area (Å²) in [5.74, 6) is -0.242. The van der Waals surface area contributed by atoms with Crippen LogP contribution in [0.5, 0.6) is 5.75 Å². The molecule has 0 heterocycles. The Bertz CT molecular complexity index is 1530. The van der Waals surface area contributed by atoms with Crippen LogP contribution in [0.4, 0.5) is 4.39 Å². The van der Waals surface area contributed by atoms with E-state index in [1.165, 1.54) is 13.2 Å². The normalized spacial score (nSPS) is 21.3. The van der Waals surface area contributed by atoms with Gasteiger partial charge in [0.25, 0.3) is 0 Å². The van der Waals surface area contributed by atoms with Gasteiger partial charge < -0.3 is 23.1 Å². The first-order valence-corrected chi connectivity index (χ1v) is 25.7. The molecular weight excluding hydrogens is 768 g/mol. The molecule has 1 saturated carbocycles. The average Bonchev–Trinajstić information content (AvgIpc) is 3.38. The van der Waals surface area contributed by atoms with Crippen LogP contribution < -0.4 is 4.74 Å². The van der Waals surface area contributed by atoms with E-state index in [-0.39, 0.29) is 52.4 Å². The van der Waals surface area contributed by atoms with Gasteiger partial charge in [-0.1, -0.05) is 112 Å². The van der Waals surface area contributed by atoms with Crippen molar-refractivity contribution in [3.8, 4) is 5.75 Å². The molecule has 0 N–H and O–H groups in total. The highest BCUT2D eigenvalue weighted by molar-refractivity contribution is 9.10. The fourth-order valence-electron chi connectivity index (χ4n) is 6.12. The molecule has 10 heteroatoms. The lowest BCUT2D eigenvalue weighted by Crippen LogP contribution is -2.50. The van der Waals surface area contributed by atoms with E-state index in [9.17, 15) is 9.18 Å². The molecule has 0 aliphatic heterocycles. The second-order valence-electron chi connectivity index (χ2n) is 17.8. The molecule has 1 aliphatic rings. The number of carbonyl (C=O) groups excluding carboxylic acids is 1. The van der Waals surface area contributed by atoms with Crippen LogP contribution in [0.15, 0.2) is 77.3 Å². The molecule has 3 rings (SSSR count). The number of hydrogen-bond donors (Lipinski definition) is 0. The van der Waals surface area contributed by atoms with Crippen molar-refractivity contribution in [1.29, 1.82) is 0 Å². The van der Waals surface area contributed by atoms with Crippen LogP contribution in [0.3, 0.4) is 0 Å². The molecule has 5 atom stereocenters. The van der Waals surface area contributed by atoms with E-state index in [0.717, 1.165) is 35.7 Å². The summed E-state index contributed by atoms with van der Waals surface area (Å²) in [4.78, 5) is 11.7. The molecule has 1 fully saturated rings. The first-order valence-electron chi connectivity index (χ1n) is 19.1. The van der Waals surface area contributed by atoms with Gasteiger partial charge >= 0.3 is 5.97 Å². The Balaban J connectivity index is 2.06. The SMILES string of the molecule is COC(=O)CCC/C=C\C[C@@H]1[C@@H](/C=C/C(C)(COc2ccccc2F)O[Si](C)(C)C(C)(C)C)[C@H](OCc2ccccc2Br)C[C@@H]1O[Si](C)(C)C(C)(C)C. The van der Waals surface area contributed by atoms with Gasteiger partial charge in [-0.2, -0.15) is 0 Å². The fraction of sp³-hybridized carbons (Fsp3) is 0.605. The molecule has 0 spiro atoms. The molecule has 0 saturated heterocycles. The molecule has 2 aromatic rings. The topological polar surface area (TPSA) is 63.2 Å². The summed E-state index contributed by atoms with van der Waals surface area (Å²) in [5.41, 5.74) is 0.251. The second kappa shape index (κ2) is 19.2. The number of ether oxygens (including phenoxy) is 3. The highest BCUT2D eigenvalue weighted by Gasteiger charge is 2.48. The molecule has 1 aliphatic carbocycles. The van der Waals surface area contributed by atoms with Gasteiger partial charge in [0.1, 0.15) is 12.2 Å². The zero-order chi connectivity index (χ0) is 39.7. The third kappa shape index (κ3) is 13.3. The minimum atomic E-state index is -2.30. The van der Waals surface area contributed by atoms with Gasteiger partial charge in [-0.05, 0) is 98.6 Å². The molecule has 2 aromatic carbocycles. The summed E-state index contributed by atoms with van der Waals surface area (Å²) < 4.78 is 48.0. The van der Waals surface area contributed by atoms with E-state index in [1.807, 2.05) is 18.2 Å². The van der Waals surface area contributed by atoms with Crippen molar-refractivity contribution >= 4 is 38.5 Å². The molecule has 0 amide bonds. The number of para-hydroxylation sites is 1. The number of hydrogen-bond acceptors (Lipinski definition) is 6. The van der Waals surface area contributed by atoms with Crippen molar-refractivity contribution in [1.82, 2.24) is 0 Å². The predicted molar refractivity (Wildman–Crippen MR) is 224 cm³/mol. The predicted octanol–water partition coefficient (Wildman–Crippen LogP) is 12.2. The lowest BCUT2D eigenvalue weighted by Gasteiger charge is -2.43. The van der Waals surface area contributed by atoms with Crippen LogP contribution in [0.1, 0.15) is 86.1 Å². The number of allylic oxidation sites excluding steroid dienone is 2. The van der Waals surface area contributed by atoms with E-state index in [0.29, 0.717) is 13.0 Å². The van der Waals surface area contributed by atoms with E-state index in [4.69, 9.17) is 23.1 Å². The Labute approximate surface area is 330 Å². The molecule has 0 bridgehead atoms. The van der Waals surface area contributed by atoms with E-state index < -0.39 is 28.1 Å². The number of carbonyl (C=O) groups is 1. The maximum absolute atomic E-state index is 14.8. The summed E-state index contributed by atoms with van der Waals surface area (Å²) in [7, 11) is -3.02. The minimum Gasteiger partial charge on any atom is -0.487 e. The first-order chi connectivity index (χ1) is 24.6. The van der Waals surface area contributed by atoms with Crippen LogP contribution in [0, 0.1) is 17.7 Å². The van der Waals surface area contributed by atoms with Crippen LogP contribution >= 0.6 is 15.9 Å². The zero-order valence-corrected chi connectivity index (χ0v) is 38.0. The quantitative estimate of drug-likeness (QED) is 0.0645. The zero-order valence-electron chi connectivity index (χ0n) is 34.4. The highest BCUT2D eigenvalue weighted by atomic mass is 79.9. The van der Waals surface area contributed by atoms with Gasteiger partial charge in [-0.25, -0.2) is 4.39 Å². The number of halogens is 2. The lowest BCUT2D eigenvalue weighted by atomic mass is 9.88. The average molecular weight is 834 g/mol. The number of benzene rings is 2. The largest absolute Gasteiger partial charge is 0.487 e. The van der Waals surface area contributed by atoms with Gasteiger partial charge in [0.05, 0.1) is 25.9 Å². The highest BCUT2D eigenvalue weighted by Crippen LogP contribution is 2.46. The lowest BCUT2D eigenvalue weighted by molar-refractivity contribution is -0.140. The Hall–Kier alpha value is -2.09. The second-order valence-corrected chi connectivity index (χ2v) is 28.1. The Morgan fingerprint density at radius 1 is 0.906 bits per heavy atom.